The van der Waals surface area contributed by atoms with Crippen LogP contribution in [-0.4, -0.2) is 27.5 Å². The summed E-state index contributed by atoms with van der Waals surface area (Å²) in [5.74, 6) is -4.51. The van der Waals surface area contributed by atoms with Gasteiger partial charge in [-0.3, -0.25) is 14.3 Å². The Morgan fingerprint density at radius 2 is 1.87 bits per heavy atom. The summed E-state index contributed by atoms with van der Waals surface area (Å²) in [5, 5.41) is 7.29. The van der Waals surface area contributed by atoms with Crippen molar-refractivity contribution in [3.63, 3.8) is 0 Å². The maximum Gasteiger partial charge on any atom is 0.274 e. The standard InChI is InChI=1S/C22H21F3N4O2/c23-17-6-2-5-16-18(17)28-29(12-13-7-9-22(24,25)10-8-13)19(16)21(31)27-15-4-1-3-14(11-15)20(26)30/h1-6,11,13H,7-10,12H2,(H2,26,30)(H,27,31). The fourth-order valence-electron chi connectivity index (χ4n) is 3.96. The second-order valence-corrected chi connectivity index (χ2v) is 7.87. The lowest BCUT2D eigenvalue weighted by molar-refractivity contribution is -0.0476. The van der Waals surface area contributed by atoms with Crippen molar-refractivity contribution < 1.29 is 22.8 Å². The molecule has 2 aromatic carbocycles. The predicted molar refractivity (Wildman–Crippen MR) is 110 cm³/mol. The number of alkyl halides is 2. The first-order valence-electron chi connectivity index (χ1n) is 9.97. The highest BCUT2D eigenvalue weighted by Crippen LogP contribution is 2.37. The third-order valence-electron chi connectivity index (χ3n) is 5.61. The number of fused-ring (bicyclic) bond motifs is 1. The van der Waals surface area contributed by atoms with Crippen molar-refractivity contribution in [1.29, 1.82) is 0 Å². The van der Waals surface area contributed by atoms with Crippen molar-refractivity contribution in [3.8, 4) is 0 Å². The zero-order chi connectivity index (χ0) is 22.2. The van der Waals surface area contributed by atoms with Gasteiger partial charge in [-0.2, -0.15) is 5.10 Å². The molecule has 4 rings (SSSR count). The maximum atomic E-state index is 14.3. The van der Waals surface area contributed by atoms with Gasteiger partial charge in [-0.1, -0.05) is 18.2 Å². The second-order valence-electron chi connectivity index (χ2n) is 7.87. The Morgan fingerprint density at radius 3 is 2.58 bits per heavy atom. The Labute approximate surface area is 176 Å². The number of benzene rings is 2. The molecule has 31 heavy (non-hydrogen) atoms. The Hall–Kier alpha value is -3.36. The summed E-state index contributed by atoms with van der Waals surface area (Å²) in [7, 11) is 0. The highest BCUT2D eigenvalue weighted by molar-refractivity contribution is 6.11. The molecule has 162 valence electrons. The van der Waals surface area contributed by atoms with Gasteiger partial charge in [0.1, 0.15) is 11.2 Å². The van der Waals surface area contributed by atoms with Gasteiger partial charge in [-0.05, 0) is 43.0 Å². The molecule has 0 radical (unpaired) electrons. The van der Waals surface area contributed by atoms with E-state index in [4.69, 9.17) is 5.73 Å². The minimum absolute atomic E-state index is 0.0414. The number of carbonyl (C=O) groups excluding carboxylic acids is 2. The number of anilines is 1. The largest absolute Gasteiger partial charge is 0.366 e. The third-order valence-corrected chi connectivity index (χ3v) is 5.61. The number of amides is 2. The van der Waals surface area contributed by atoms with Crippen LogP contribution in [0.3, 0.4) is 0 Å². The maximum absolute atomic E-state index is 14.3. The molecule has 1 saturated carbocycles. The normalized spacial score (nSPS) is 16.4. The zero-order valence-electron chi connectivity index (χ0n) is 16.6. The van der Waals surface area contributed by atoms with Gasteiger partial charge < -0.3 is 11.1 Å². The van der Waals surface area contributed by atoms with Crippen LogP contribution in [0.5, 0.6) is 0 Å². The third kappa shape index (κ3) is 4.40. The number of carbonyl (C=O) groups is 2. The Bertz CT molecular complexity index is 1150. The number of hydrogen-bond donors (Lipinski definition) is 2. The van der Waals surface area contributed by atoms with E-state index in [1.807, 2.05) is 0 Å². The smallest absolute Gasteiger partial charge is 0.274 e. The highest BCUT2D eigenvalue weighted by Gasteiger charge is 2.35. The van der Waals surface area contributed by atoms with Crippen molar-refractivity contribution in [2.45, 2.75) is 38.2 Å². The number of nitrogens with one attached hydrogen (secondary N) is 1. The molecule has 0 saturated heterocycles. The lowest BCUT2D eigenvalue weighted by Crippen LogP contribution is -2.28. The number of hydrogen-bond acceptors (Lipinski definition) is 3. The molecule has 1 heterocycles. The van der Waals surface area contributed by atoms with E-state index in [1.54, 1.807) is 18.2 Å². The molecule has 0 aliphatic heterocycles. The Morgan fingerprint density at radius 1 is 1.16 bits per heavy atom. The van der Waals surface area contributed by atoms with E-state index in [-0.39, 0.29) is 42.1 Å². The number of aromatic nitrogens is 2. The fraction of sp³-hybridized carbons (Fsp3) is 0.318. The Balaban J connectivity index is 1.66. The van der Waals surface area contributed by atoms with Crippen LogP contribution in [0.25, 0.3) is 10.9 Å². The number of rotatable bonds is 5. The molecule has 1 fully saturated rings. The summed E-state index contributed by atoms with van der Waals surface area (Å²) in [4.78, 5) is 24.5. The molecule has 2 amide bonds. The quantitative estimate of drug-likeness (QED) is 0.631. The molecule has 1 aliphatic rings. The first kappa shape index (κ1) is 20.9. The van der Waals surface area contributed by atoms with E-state index in [1.165, 1.54) is 28.9 Å². The molecular weight excluding hydrogens is 409 g/mol. The van der Waals surface area contributed by atoms with Gasteiger partial charge in [0, 0.05) is 36.0 Å². The summed E-state index contributed by atoms with van der Waals surface area (Å²) >= 11 is 0. The monoisotopic (exact) mass is 430 g/mol. The molecule has 0 atom stereocenters. The van der Waals surface area contributed by atoms with Crippen LogP contribution in [0.1, 0.15) is 46.5 Å². The SMILES string of the molecule is NC(=O)c1cccc(NC(=O)c2c3cccc(F)c3nn2CC2CCC(F)(F)CC2)c1. The van der Waals surface area contributed by atoms with Crippen LogP contribution >= 0.6 is 0 Å². The molecule has 1 aliphatic carbocycles. The minimum atomic E-state index is -2.66. The number of halogens is 3. The van der Waals surface area contributed by atoms with Gasteiger partial charge in [0.2, 0.25) is 11.8 Å². The average molecular weight is 430 g/mol. The van der Waals surface area contributed by atoms with Crippen LogP contribution in [0, 0.1) is 11.7 Å². The van der Waals surface area contributed by atoms with E-state index < -0.39 is 23.6 Å². The van der Waals surface area contributed by atoms with E-state index in [9.17, 15) is 22.8 Å². The molecule has 6 nitrogen and oxygen atoms in total. The summed E-state index contributed by atoms with van der Waals surface area (Å²) in [6.45, 7) is 0.230. The number of nitrogens with two attached hydrogens (primary N) is 1. The first-order valence-corrected chi connectivity index (χ1v) is 9.97. The first-order chi connectivity index (χ1) is 14.7. The van der Waals surface area contributed by atoms with Crippen LogP contribution in [0.4, 0.5) is 18.9 Å². The lowest BCUT2D eigenvalue weighted by atomic mass is 9.87. The van der Waals surface area contributed by atoms with Crippen LogP contribution in [0.15, 0.2) is 42.5 Å². The molecule has 3 aromatic rings. The molecule has 0 spiro atoms. The molecule has 0 unspecified atom stereocenters. The molecule has 1 aromatic heterocycles. The van der Waals surface area contributed by atoms with Crippen LogP contribution in [-0.2, 0) is 6.54 Å². The van der Waals surface area contributed by atoms with E-state index in [0.29, 0.717) is 23.9 Å². The topological polar surface area (TPSA) is 90.0 Å². The van der Waals surface area contributed by atoms with Gasteiger partial charge in [0.15, 0.2) is 5.82 Å². The van der Waals surface area contributed by atoms with E-state index >= 15 is 0 Å². The molecule has 0 bridgehead atoms. The predicted octanol–water partition coefficient (Wildman–Crippen LogP) is 4.35. The highest BCUT2D eigenvalue weighted by atomic mass is 19.3. The number of primary amides is 1. The zero-order valence-corrected chi connectivity index (χ0v) is 16.6. The van der Waals surface area contributed by atoms with Gasteiger partial charge in [0.25, 0.3) is 5.91 Å². The van der Waals surface area contributed by atoms with E-state index in [0.717, 1.165) is 0 Å². The van der Waals surface area contributed by atoms with Gasteiger partial charge >= 0.3 is 0 Å². The van der Waals surface area contributed by atoms with Crippen molar-refractivity contribution in [1.82, 2.24) is 9.78 Å². The van der Waals surface area contributed by atoms with Crippen molar-refractivity contribution in [3.05, 3.63) is 59.5 Å². The summed E-state index contributed by atoms with van der Waals surface area (Å²) in [6, 6.07) is 10.4. The molecule has 9 heteroatoms. The van der Waals surface area contributed by atoms with Crippen molar-refractivity contribution >= 4 is 28.4 Å². The second kappa shape index (κ2) is 8.05. The van der Waals surface area contributed by atoms with Crippen LogP contribution < -0.4 is 11.1 Å². The molecular formula is C22H21F3N4O2. The Kier molecular flexibility index (Phi) is 5.43. The minimum Gasteiger partial charge on any atom is -0.366 e. The number of nitrogens with zero attached hydrogens (tertiary/aromatic N) is 2. The van der Waals surface area contributed by atoms with Gasteiger partial charge in [-0.15, -0.1) is 0 Å². The van der Waals surface area contributed by atoms with E-state index in [2.05, 4.69) is 10.4 Å². The lowest BCUT2D eigenvalue weighted by Gasteiger charge is -2.28. The molecule has 3 N–H and O–H groups in total. The fourth-order valence-corrected chi connectivity index (χ4v) is 3.96. The van der Waals surface area contributed by atoms with Crippen molar-refractivity contribution in [2.24, 2.45) is 11.7 Å². The van der Waals surface area contributed by atoms with Crippen LogP contribution in [0.2, 0.25) is 0 Å². The average Bonchev–Trinajstić information content (AvgIpc) is 3.09. The van der Waals surface area contributed by atoms with Crippen molar-refractivity contribution in [2.75, 3.05) is 5.32 Å². The summed E-state index contributed by atoms with van der Waals surface area (Å²) in [6.07, 6.45) is 0.170. The summed E-state index contributed by atoms with van der Waals surface area (Å²) < 4.78 is 42.7. The van der Waals surface area contributed by atoms with Gasteiger partial charge in [0.05, 0.1) is 0 Å². The summed E-state index contributed by atoms with van der Waals surface area (Å²) in [5.41, 5.74) is 6.03. The van der Waals surface area contributed by atoms with Gasteiger partial charge in [-0.25, -0.2) is 13.2 Å².